The fourth-order valence-electron chi connectivity index (χ4n) is 0. The van der Waals surface area contributed by atoms with Crippen LogP contribution in [0.2, 0.25) is 0 Å². The molecule has 0 aliphatic heterocycles. The summed E-state index contributed by atoms with van der Waals surface area (Å²) in [6.07, 6.45) is 0. The second-order valence-corrected chi connectivity index (χ2v) is 1.76. The summed E-state index contributed by atoms with van der Waals surface area (Å²) < 4.78 is 8.77. The van der Waals surface area contributed by atoms with Crippen LogP contribution in [0.4, 0.5) is 0 Å². The summed E-state index contributed by atoms with van der Waals surface area (Å²) in [7, 11) is -4.89. The maximum Gasteiger partial charge on any atom is 0.262 e. The lowest BCUT2D eigenvalue weighted by atomic mass is 10.9. The van der Waals surface area contributed by atoms with E-state index in [1.807, 2.05) is 0 Å². The van der Waals surface area contributed by atoms with Crippen molar-refractivity contribution in [2.24, 2.45) is 0 Å². The molecule has 0 fully saturated rings. The van der Waals surface area contributed by atoms with E-state index in [-0.39, 0.29) is 18.9 Å². The zero-order valence-electron chi connectivity index (χ0n) is 6.27. The lowest BCUT2D eigenvalue weighted by Gasteiger charge is -2.01. The summed E-state index contributed by atoms with van der Waals surface area (Å²) in [6, 6.07) is 0. The molecule has 0 aromatic rings. The van der Waals surface area contributed by atoms with Gasteiger partial charge in [0.1, 0.15) is 0 Å². The van der Waals surface area contributed by atoms with Crippen LogP contribution in [-0.2, 0) is 4.57 Å². The van der Waals surface area contributed by atoms with E-state index >= 15 is 0 Å². The molecule has 8 heteroatoms. The van der Waals surface area contributed by atoms with Crippen LogP contribution in [0.5, 0.6) is 0 Å². The highest BCUT2D eigenvalue weighted by atomic mass is 31.2. The molecule has 0 unspecified atom stereocenters. The van der Waals surface area contributed by atoms with E-state index in [1.54, 1.807) is 6.92 Å². The molecular formula is C2H15N2O5P. The molecule has 0 saturated carbocycles. The van der Waals surface area contributed by atoms with Crippen molar-refractivity contribution in [1.82, 2.24) is 12.3 Å². The molecule has 0 aliphatic rings. The van der Waals surface area contributed by atoms with Gasteiger partial charge >= 0.3 is 0 Å². The van der Waals surface area contributed by atoms with Gasteiger partial charge in [-0.05, 0) is 0 Å². The van der Waals surface area contributed by atoms with Crippen LogP contribution in [-0.4, -0.2) is 16.4 Å². The Balaban J connectivity index is -0.0000000326. The van der Waals surface area contributed by atoms with Crippen LogP contribution < -0.4 is 22.3 Å². The second-order valence-electron chi connectivity index (χ2n) is 0.779. The van der Waals surface area contributed by atoms with Crippen molar-refractivity contribution in [1.29, 1.82) is 0 Å². The molecule has 0 amide bonds. The van der Waals surface area contributed by atoms with Crippen LogP contribution in [0, 0.1) is 0 Å². The maximum atomic E-state index is 8.93. The van der Waals surface area contributed by atoms with Gasteiger partial charge in [-0.1, -0.05) is 6.92 Å². The minimum Gasteiger partial charge on any atom is -0.855 e. The Morgan fingerprint density at radius 3 is 1.40 bits per heavy atom. The first-order valence-electron chi connectivity index (χ1n) is 1.76. The van der Waals surface area contributed by atoms with Crippen molar-refractivity contribution in [3.05, 3.63) is 0 Å². The van der Waals surface area contributed by atoms with E-state index in [9.17, 15) is 0 Å². The molecule has 0 aromatic carbocycles. The van der Waals surface area contributed by atoms with Crippen molar-refractivity contribution < 1.29 is 24.4 Å². The van der Waals surface area contributed by atoms with Crippen LogP contribution in [0.3, 0.4) is 0 Å². The van der Waals surface area contributed by atoms with E-state index in [4.69, 9.17) is 24.4 Å². The topological polar surface area (TPSA) is 177 Å². The molecule has 0 rings (SSSR count). The van der Waals surface area contributed by atoms with E-state index in [2.05, 4.69) is 0 Å². The van der Waals surface area contributed by atoms with Crippen molar-refractivity contribution in [2.75, 3.05) is 6.61 Å². The van der Waals surface area contributed by atoms with Crippen molar-refractivity contribution in [3.63, 3.8) is 0 Å². The van der Waals surface area contributed by atoms with Gasteiger partial charge in [0.15, 0.2) is 0 Å². The quantitative estimate of drug-likeness (QED) is 0.331. The van der Waals surface area contributed by atoms with Gasteiger partial charge in [-0.3, -0.25) is 4.57 Å². The normalized spacial score (nSPS) is 7.70. The van der Waals surface area contributed by atoms with E-state index in [0.29, 0.717) is 0 Å². The lowest BCUT2D eigenvalue weighted by molar-refractivity contribution is -0.361. The number of rotatable bonds is 0. The van der Waals surface area contributed by atoms with Gasteiger partial charge in [0.25, 0.3) is 7.82 Å². The third-order valence-corrected chi connectivity index (χ3v) is 0. The Morgan fingerprint density at radius 2 is 1.40 bits per heavy atom. The minimum absolute atomic E-state index is 0. The molecule has 0 heterocycles. The van der Waals surface area contributed by atoms with E-state index in [1.165, 1.54) is 0 Å². The highest BCUT2D eigenvalue weighted by Gasteiger charge is 1.82. The highest BCUT2D eigenvalue weighted by molar-refractivity contribution is 7.43. The average molecular weight is 178 g/mol. The van der Waals surface area contributed by atoms with Gasteiger partial charge in [0.05, 0.1) is 0 Å². The number of hydrogen-bond acceptors (Lipinski definition) is 3. The van der Waals surface area contributed by atoms with Crippen LogP contribution in [0.15, 0.2) is 0 Å². The van der Waals surface area contributed by atoms with E-state index in [0.717, 1.165) is 0 Å². The molecule has 0 aromatic heterocycles. The summed E-state index contributed by atoms with van der Waals surface area (Å²) in [4.78, 5) is 22.9. The largest absolute Gasteiger partial charge is 0.855 e. The predicted molar refractivity (Wildman–Crippen MR) is 34.6 cm³/mol. The van der Waals surface area contributed by atoms with Crippen molar-refractivity contribution in [3.8, 4) is 0 Å². The van der Waals surface area contributed by atoms with Crippen molar-refractivity contribution in [2.45, 2.75) is 6.92 Å². The molecule has 0 saturated heterocycles. The molecule has 0 atom stereocenters. The molecule has 0 radical (unpaired) electrons. The molecule has 0 bridgehead atoms. The molecule has 7 nitrogen and oxygen atoms in total. The third kappa shape index (κ3) is 3900000. The highest BCUT2D eigenvalue weighted by Crippen LogP contribution is 2.18. The maximum absolute atomic E-state index is 8.93. The first-order chi connectivity index (χ1) is 3.41. The van der Waals surface area contributed by atoms with E-state index < -0.39 is 7.82 Å². The first kappa shape index (κ1) is 22.5. The standard InChI is InChI=1S/C2H5O.2H3N.H3O4P/c1-2-3;;;1-5(2,3)4/h2H2,1H3;2*1H3;(H3,1,2,3,4)/q-1;;;/p+1. The Hall–Kier alpha value is -0.0100. The Bertz CT molecular complexity index is 73.5. The number of quaternary nitrogens is 2. The minimum atomic E-state index is -4.89. The number of hydrogen-bond donors (Lipinski definition) is 4. The average Bonchev–Trinajstić information content (AvgIpc) is 1.27. The molecule has 0 spiro atoms. The van der Waals surface area contributed by atoms with Crippen molar-refractivity contribution >= 4 is 7.82 Å². The summed E-state index contributed by atoms with van der Waals surface area (Å²) in [5.41, 5.74) is 0. The monoisotopic (exact) mass is 178 g/mol. The van der Waals surface area contributed by atoms with Gasteiger partial charge in [-0.15, -0.1) is 6.61 Å². The van der Waals surface area contributed by atoms with Crippen LogP contribution in [0.25, 0.3) is 0 Å². The van der Waals surface area contributed by atoms with Gasteiger partial charge in [-0.2, -0.15) is 0 Å². The fourth-order valence-corrected chi connectivity index (χ4v) is 0. The summed E-state index contributed by atoms with van der Waals surface area (Å²) in [6.45, 7) is 1.57. The molecule has 0 aliphatic carbocycles. The Kier molecular flexibility index (Phi) is 26.4. The van der Waals surface area contributed by atoms with Gasteiger partial charge in [0.2, 0.25) is 0 Å². The van der Waals surface area contributed by atoms with Gasteiger partial charge in [0, 0.05) is 0 Å². The lowest BCUT2D eigenvalue weighted by Crippen LogP contribution is -1.97. The summed E-state index contributed by atoms with van der Waals surface area (Å²) in [5.74, 6) is 0. The summed E-state index contributed by atoms with van der Waals surface area (Å²) in [5, 5.41) is 8.93. The second kappa shape index (κ2) is 11.7. The molecule has 10 heavy (non-hydrogen) atoms. The third-order valence-electron chi connectivity index (χ3n) is 0. The summed E-state index contributed by atoms with van der Waals surface area (Å²) >= 11 is 0. The molecular weight excluding hydrogens is 163 g/mol. The molecule has 68 valence electrons. The van der Waals surface area contributed by atoms with Crippen LogP contribution >= 0.6 is 7.82 Å². The Labute approximate surface area is 59.1 Å². The fraction of sp³-hybridized carbons (Fsp3) is 1.00. The first-order valence-corrected chi connectivity index (χ1v) is 3.29. The van der Waals surface area contributed by atoms with Gasteiger partial charge < -0.3 is 32.1 Å². The van der Waals surface area contributed by atoms with Crippen LogP contribution in [0.1, 0.15) is 6.92 Å². The number of phosphoric acid groups is 1. The van der Waals surface area contributed by atoms with Gasteiger partial charge in [-0.25, -0.2) is 0 Å². The zero-order valence-corrected chi connectivity index (χ0v) is 7.17. The Morgan fingerprint density at radius 1 is 1.40 bits per heavy atom. The SMILES string of the molecule is CC[O-].O=P([O-])(O)O.[NH4+].[NH4+]. The predicted octanol–water partition coefficient (Wildman–Crippen LogP) is -1.44. The molecule has 10 N–H and O–H groups in total. The zero-order chi connectivity index (χ0) is 7.21. The smallest absolute Gasteiger partial charge is 0.262 e.